The molecule has 1 amide bonds. The quantitative estimate of drug-likeness (QED) is 0.296. The summed E-state index contributed by atoms with van der Waals surface area (Å²) >= 11 is 6.21. The third-order valence-electron chi connectivity index (χ3n) is 6.66. The van der Waals surface area contributed by atoms with Crippen LogP contribution in [-0.4, -0.2) is 28.6 Å². The molecule has 0 aliphatic carbocycles. The summed E-state index contributed by atoms with van der Waals surface area (Å²) in [7, 11) is 0. The van der Waals surface area contributed by atoms with Crippen LogP contribution in [0.5, 0.6) is 5.75 Å². The number of aryl methyl sites for hydroxylation is 2. The zero-order valence-corrected chi connectivity index (χ0v) is 20.3. The molecule has 1 saturated heterocycles. The second-order valence-electron chi connectivity index (χ2n) is 8.87. The van der Waals surface area contributed by atoms with Gasteiger partial charge in [-0.3, -0.25) is 4.79 Å². The number of ether oxygens (including phenoxy) is 1. The van der Waals surface area contributed by atoms with Crippen molar-refractivity contribution >= 4 is 34.2 Å². The van der Waals surface area contributed by atoms with Gasteiger partial charge in [-0.15, -0.1) is 0 Å². The number of anilines is 1. The minimum Gasteiger partial charge on any atom is -0.492 e. The van der Waals surface area contributed by atoms with E-state index in [-0.39, 0.29) is 11.8 Å². The van der Waals surface area contributed by atoms with E-state index in [1.807, 2.05) is 59.5 Å². The smallest absolute Gasteiger partial charge is 0.227 e. The Morgan fingerprint density at radius 3 is 2.68 bits per heavy atom. The summed E-state index contributed by atoms with van der Waals surface area (Å²) in [5, 5.41) is 0.618. The van der Waals surface area contributed by atoms with E-state index in [9.17, 15) is 4.79 Å². The predicted octanol–water partition coefficient (Wildman–Crippen LogP) is 6.30. The number of halogens is 1. The Morgan fingerprint density at radius 1 is 1.03 bits per heavy atom. The molecule has 6 heteroatoms. The summed E-state index contributed by atoms with van der Waals surface area (Å²) in [5.41, 5.74) is 5.40. The van der Waals surface area contributed by atoms with E-state index in [4.69, 9.17) is 21.3 Å². The fourth-order valence-corrected chi connectivity index (χ4v) is 4.94. The normalized spacial score (nSPS) is 15.9. The van der Waals surface area contributed by atoms with E-state index >= 15 is 0 Å². The second-order valence-corrected chi connectivity index (χ2v) is 9.27. The Balaban J connectivity index is 1.37. The van der Waals surface area contributed by atoms with Gasteiger partial charge in [0.2, 0.25) is 5.91 Å². The lowest BCUT2D eigenvalue weighted by Crippen LogP contribution is -2.25. The van der Waals surface area contributed by atoms with E-state index < -0.39 is 0 Å². The molecule has 1 aliphatic rings. The van der Waals surface area contributed by atoms with Gasteiger partial charge < -0.3 is 14.2 Å². The molecule has 2 heterocycles. The highest BCUT2D eigenvalue weighted by Gasteiger charge is 2.35. The van der Waals surface area contributed by atoms with Gasteiger partial charge in [0, 0.05) is 31.1 Å². The minimum absolute atomic E-state index is 0.0456. The third kappa shape index (κ3) is 4.28. The monoisotopic (exact) mass is 473 g/mol. The molecule has 1 aromatic heterocycles. The van der Waals surface area contributed by atoms with Crippen molar-refractivity contribution in [3.8, 4) is 5.75 Å². The Kier molecular flexibility index (Phi) is 6.29. The van der Waals surface area contributed by atoms with Gasteiger partial charge in [0.1, 0.15) is 11.6 Å². The van der Waals surface area contributed by atoms with Gasteiger partial charge in [-0.05, 0) is 61.7 Å². The van der Waals surface area contributed by atoms with Crippen LogP contribution in [0.2, 0.25) is 5.02 Å². The van der Waals surface area contributed by atoms with Gasteiger partial charge in [-0.1, -0.05) is 48.0 Å². The summed E-state index contributed by atoms with van der Waals surface area (Å²) in [6.45, 7) is 6.12. The number of rotatable bonds is 7. The summed E-state index contributed by atoms with van der Waals surface area (Å²) in [4.78, 5) is 20.0. The number of para-hydroxylation sites is 3. The summed E-state index contributed by atoms with van der Waals surface area (Å²) in [6, 6.07) is 21.8. The Hall–Kier alpha value is -3.31. The highest BCUT2D eigenvalue weighted by Crippen LogP contribution is 2.35. The van der Waals surface area contributed by atoms with E-state index in [1.54, 1.807) is 0 Å². The van der Waals surface area contributed by atoms with Gasteiger partial charge in [-0.25, -0.2) is 4.98 Å². The summed E-state index contributed by atoms with van der Waals surface area (Å²) in [5.74, 6) is 1.87. The second kappa shape index (κ2) is 9.51. The first kappa shape index (κ1) is 22.5. The van der Waals surface area contributed by atoms with Crippen molar-refractivity contribution < 1.29 is 9.53 Å². The number of hydrogen-bond donors (Lipinski definition) is 0. The number of hydrogen-bond acceptors (Lipinski definition) is 3. The topological polar surface area (TPSA) is 47.4 Å². The fourth-order valence-electron chi connectivity index (χ4n) is 4.75. The summed E-state index contributed by atoms with van der Waals surface area (Å²) < 4.78 is 8.16. The molecule has 5 nitrogen and oxygen atoms in total. The number of aromatic nitrogens is 2. The standard InChI is InChI=1S/C28H28ClN3O2/c1-19-9-7-13-24(20(19)2)32-18-21(17-27(32)33)28-30-23-11-4-5-12-25(23)31(28)15-8-16-34-26-14-6-3-10-22(26)29/h3-7,9-14,21H,8,15-18H2,1-2H3. The van der Waals surface area contributed by atoms with Gasteiger partial charge in [0.15, 0.2) is 0 Å². The van der Waals surface area contributed by atoms with Crippen molar-refractivity contribution in [2.75, 3.05) is 18.1 Å². The van der Waals surface area contributed by atoms with Gasteiger partial charge in [0.05, 0.1) is 22.7 Å². The molecule has 174 valence electrons. The van der Waals surface area contributed by atoms with Crippen LogP contribution in [0.25, 0.3) is 11.0 Å². The average molecular weight is 474 g/mol. The molecule has 5 rings (SSSR count). The number of nitrogens with zero attached hydrogens (tertiary/aromatic N) is 3. The zero-order chi connectivity index (χ0) is 23.7. The molecular formula is C28H28ClN3O2. The Labute approximate surface area is 204 Å². The molecule has 0 spiro atoms. The maximum Gasteiger partial charge on any atom is 0.227 e. The van der Waals surface area contributed by atoms with Crippen molar-refractivity contribution in [1.82, 2.24) is 9.55 Å². The van der Waals surface area contributed by atoms with Crippen molar-refractivity contribution in [3.05, 3.63) is 88.7 Å². The largest absolute Gasteiger partial charge is 0.492 e. The first-order chi connectivity index (χ1) is 16.5. The lowest BCUT2D eigenvalue weighted by atomic mass is 10.1. The van der Waals surface area contributed by atoms with Crippen LogP contribution in [0, 0.1) is 13.8 Å². The molecule has 1 aliphatic heterocycles. The van der Waals surface area contributed by atoms with Gasteiger partial charge in [0.25, 0.3) is 0 Å². The maximum absolute atomic E-state index is 13.1. The number of benzene rings is 3. The van der Waals surface area contributed by atoms with E-state index in [0.717, 1.165) is 41.1 Å². The van der Waals surface area contributed by atoms with Crippen LogP contribution in [0.1, 0.15) is 35.7 Å². The first-order valence-electron chi connectivity index (χ1n) is 11.7. The third-order valence-corrected chi connectivity index (χ3v) is 6.97. The predicted molar refractivity (Wildman–Crippen MR) is 137 cm³/mol. The number of carbonyl (C=O) groups is 1. The maximum atomic E-state index is 13.1. The molecule has 1 fully saturated rings. The molecule has 0 bridgehead atoms. The van der Waals surface area contributed by atoms with Crippen molar-refractivity contribution in [1.29, 1.82) is 0 Å². The number of fused-ring (bicyclic) bond motifs is 1. The molecular weight excluding hydrogens is 446 g/mol. The van der Waals surface area contributed by atoms with Crippen molar-refractivity contribution in [2.45, 2.75) is 39.2 Å². The highest BCUT2D eigenvalue weighted by atomic mass is 35.5. The average Bonchev–Trinajstić information content (AvgIpc) is 3.40. The Morgan fingerprint density at radius 2 is 1.82 bits per heavy atom. The van der Waals surface area contributed by atoms with Gasteiger partial charge in [-0.2, -0.15) is 0 Å². The van der Waals surface area contributed by atoms with Crippen LogP contribution in [0.15, 0.2) is 66.7 Å². The fraction of sp³-hybridized carbons (Fsp3) is 0.286. The molecule has 4 aromatic rings. The summed E-state index contributed by atoms with van der Waals surface area (Å²) in [6.07, 6.45) is 1.27. The number of carbonyl (C=O) groups excluding carboxylic acids is 1. The zero-order valence-electron chi connectivity index (χ0n) is 19.5. The molecule has 3 aromatic carbocycles. The molecule has 0 N–H and O–H groups in total. The molecule has 0 saturated carbocycles. The molecule has 0 radical (unpaired) electrons. The lowest BCUT2D eigenvalue weighted by molar-refractivity contribution is -0.117. The van der Waals surface area contributed by atoms with Crippen LogP contribution in [0.3, 0.4) is 0 Å². The number of amides is 1. The van der Waals surface area contributed by atoms with Gasteiger partial charge >= 0.3 is 0 Å². The van der Waals surface area contributed by atoms with Crippen LogP contribution >= 0.6 is 11.6 Å². The van der Waals surface area contributed by atoms with E-state index in [1.165, 1.54) is 5.56 Å². The first-order valence-corrected chi connectivity index (χ1v) is 12.1. The van der Waals surface area contributed by atoms with E-state index in [2.05, 4.69) is 30.5 Å². The highest BCUT2D eigenvalue weighted by molar-refractivity contribution is 6.32. The van der Waals surface area contributed by atoms with Crippen LogP contribution in [0.4, 0.5) is 5.69 Å². The van der Waals surface area contributed by atoms with Crippen molar-refractivity contribution in [3.63, 3.8) is 0 Å². The molecule has 34 heavy (non-hydrogen) atoms. The van der Waals surface area contributed by atoms with E-state index in [0.29, 0.717) is 30.3 Å². The SMILES string of the molecule is Cc1cccc(N2CC(c3nc4ccccc4n3CCCOc3ccccc3Cl)CC2=O)c1C. The Bertz CT molecular complexity index is 1350. The lowest BCUT2D eigenvalue weighted by Gasteiger charge is -2.20. The molecule has 1 unspecified atom stereocenters. The number of imidazole rings is 1. The molecule has 1 atom stereocenters. The van der Waals surface area contributed by atoms with Crippen molar-refractivity contribution in [2.24, 2.45) is 0 Å². The van der Waals surface area contributed by atoms with Crippen LogP contribution < -0.4 is 9.64 Å². The minimum atomic E-state index is 0.0456. The van der Waals surface area contributed by atoms with Crippen LogP contribution in [-0.2, 0) is 11.3 Å².